The predicted molar refractivity (Wildman–Crippen MR) is 91.8 cm³/mol. The topological polar surface area (TPSA) is 28.7 Å². The number of H-pyrrole nitrogens is 1. The van der Waals surface area contributed by atoms with E-state index in [4.69, 9.17) is 0 Å². The minimum absolute atomic E-state index is 0.566. The minimum atomic E-state index is 0.566. The lowest BCUT2D eigenvalue weighted by atomic mass is 10.1. The molecule has 0 amide bonds. The van der Waals surface area contributed by atoms with E-state index in [1.165, 1.54) is 16.1 Å². The molecule has 1 N–H and O–H groups in total. The van der Waals surface area contributed by atoms with Gasteiger partial charge in [0.15, 0.2) is 0 Å². The van der Waals surface area contributed by atoms with Crippen molar-refractivity contribution in [2.75, 3.05) is 0 Å². The number of benzene rings is 1. The molecule has 21 heavy (non-hydrogen) atoms. The quantitative estimate of drug-likeness (QED) is 0.665. The smallest absolute Gasteiger partial charge is 0.102 e. The first kappa shape index (κ1) is 15.5. The van der Waals surface area contributed by atoms with Crippen molar-refractivity contribution in [3.05, 3.63) is 65.2 Å². The number of hydrogen-bond donors (Lipinski definition) is 1. The van der Waals surface area contributed by atoms with Gasteiger partial charge in [-0.3, -0.25) is 5.10 Å². The zero-order valence-corrected chi connectivity index (χ0v) is 13.7. The molecule has 0 saturated heterocycles. The van der Waals surface area contributed by atoms with Gasteiger partial charge >= 0.3 is 0 Å². The van der Waals surface area contributed by atoms with E-state index in [0.717, 1.165) is 12.1 Å². The summed E-state index contributed by atoms with van der Waals surface area (Å²) >= 11 is 1.73. The van der Waals surface area contributed by atoms with E-state index in [9.17, 15) is 0 Å². The highest BCUT2D eigenvalue weighted by Gasteiger charge is 2.08. The van der Waals surface area contributed by atoms with Crippen LogP contribution in [-0.4, -0.2) is 10.2 Å². The Morgan fingerprint density at radius 1 is 1.14 bits per heavy atom. The molecule has 0 saturated carbocycles. The molecule has 2 nitrogen and oxygen atoms in total. The minimum Gasteiger partial charge on any atom is -0.282 e. The van der Waals surface area contributed by atoms with Gasteiger partial charge in [-0.05, 0) is 36.8 Å². The van der Waals surface area contributed by atoms with Crippen LogP contribution in [0.1, 0.15) is 37.4 Å². The Morgan fingerprint density at radius 3 is 2.43 bits per heavy atom. The van der Waals surface area contributed by atoms with Crippen molar-refractivity contribution in [2.24, 2.45) is 0 Å². The molecule has 2 aromatic heterocycles. The Labute approximate surface area is 130 Å². The maximum absolute atomic E-state index is 4.31. The SMILES string of the molecule is CCC(C)c1cc(-c2cccs2)n[nH]1.Cc1ccccc1. The lowest BCUT2D eigenvalue weighted by Crippen LogP contribution is -1.90. The van der Waals surface area contributed by atoms with Gasteiger partial charge in [-0.2, -0.15) is 5.10 Å². The fourth-order valence-corrected chi connectivity index (χ4v) is 2.58. The lowest BCUT2D eigenvalue weighted by molar-refractivity contribution is 0.703. The van der Waals surface area contributed by atoms with Gasteiger partial charge in [0.1, 0.15) is 5.69 Å². The molecule has 3 aromatic rings. The number of thiophene rings is 1. The summed E-state index contributed by atoms with van der Waals surface area (Å²) in [5.41, 5.74) is 3.62. The van der Waals surface area contributed by atoms with Gasteiger partial charge in [-0.1, -0.05) is 55.8 Å². The molecule has 3 heteroatoms. The van der Waals surface area contributed by atoms with Crippen LogP contribution in [0, 0.1) is 6.92 Å². The zero-order valence-electron chi connectivity index (χ0n) is 12.8. The van der Waals surface area contributed by atoms with E-state index < -0.39 is 0 Å². The van der Waals surface area contributed by atoms with Gasteiger partial charge in [0, 0.05) is 5.69 Å². The number of nitrogens with one attached hydrogen (secondary N) is 1. The summed E-state index contributed by atoms with van der Waals surface area (Å²) < 4.78 is 0. The summed E-state index contributed by atoms with van der Waals surface area (Å²) in [7, 11) is 0. The molecule has 1 aromatic carbocycles. The Bertz CT molecular complexity index is 626. The van der Waals surface area contributed by atoms with E-state index in [2.05, 4.69) is 66.7 Å². The monoisotopic (exact) mass is 298 g/mol. The second kappa shape index (κ2) is 7.79. The molecule has 0 bridgehead atoms. The average Bonchev–Trinajstić information content (AvgIpc) is 3.18. The molecular weight excluding hydrogens is 276 g/mol. The zero-order chi connectivity index (χ0) is 15.1. The number of aromatic nitrogens is 2. The maximum atomic E-state index is 4.31. The molecule has 2 heterocycles. The van der Waals surface area contributed by atoms with Gasteiger partial charge in [-0.15, -0.1) is 11.3 Å². The molecule has 0 radical (unpaired) electrons. The van der Waals surface area contributed by atoms with Crippen LogP contribution < -0.4 is 0 Å². The maximum Gasteiger partial charge on any atom is 0.102 e. The van der Waals surface area contributed by atoms with Crippen molar-refractivity contribution in [1.29, 1.82) is 0 Å². The first-order valence-electron chi connectivity index (χ1n) is 7.31. The Morgan fingerprint density at radius 2 is 1.90 bits per heavy atom. The molecule has 0 spiro atoms. The van der Waals surface area contributed by atoms with Gasteiger partial charge in [-0.25, -0.2) is 0 Å². The Balaban J connectivity index is 0.000000194. The Kier molecular flexibility index (Phi) is 5.76. The lowest BCUT2D eigenvalue weighted by Gasteiger charge is -2.02. The number of aromatic amines is 1. The third-order valence-corrected chi connectivity index (χ3v) is 4.35. The summed E-state index contributed by atoms with van der Waals surface area (Å²) in [5, 5.41) is 9.49. The number of aryl methyl sites for hydroxylation is 1. The van der Waals surface area contributed by atoms with Crippen LogP contribution in [-0.2, 0) is 0 Å². The third-order valence-electron chi connectivity index (χ3n) is 3.46. The summed E-state index contributed by atoms with van der Waals surface area (Å²) in [6.07, 6.45) is 1.14. The normalized spacial score (nSPS) is 11.6. The van der Waals surface area contributed by atoms with E-state index in [1.54, 1.807) is 11.3 Å². The molecule has 3 rings (SSSR count). The summed E-state index contributed by atoms with van der Waals surface area (Å²) in [6, 6.07) is 16.6. The van der Waals surface area contributed by atoms with Crippen molar-refractivity contribution in [3.8, 4) is 10.6 Å². The van der Waals surface area contributed by atoms with Crippen molar-refractivity contribution >= 4 is 11.3 Å². The van der Waals surface area contributed by atoms with Crippen LogP contribution in [0.2, 0.25) is 0 Å². The van der Waals surface area contributed by atoms with Crippen LogP contribution >= 0.6 is 11.3 Å². The first-order valence-corrected chi connectivity index (χ1v) is 8.19. The second-order valence-electron chi connectivity index (χ2n) is 5.15. The van der Waals surface area contributed by atoms with Crippen molar-refractivity contribution in [3.63, 3.8) is 0 Å². The van der Waals surface area contributed by atoms with Gasteiger partial charge in [0.25, 0.3) is 0 Å². The largest absolute Gasteiger partial charge is 0.282 e. The molecule has 0 aliphatic carbocycles. The van der Waals surface area contributed by atoms with Crippen molar-refractivity contribution in [1.82, 2.24) is 10.2 Å². The predicted octanol–water partition coefficient (Wildman–Crippen LogP) is 5.65. The fraction of sp³-hybridized carbons (Fsp3) is 0.278. The standard InChI is InChI=1S/C11H14N2S.C7H8/c1-3-8(2)9-7-10(13-12-9)11-5-4-6-14-11;1-7-5-3-2-4-6-7/h4-8H,3H2,1-2H3,(H,12,13);2-6H,1H3. The van der Waals surface area contributed by atoms with Crippen LogP contribution in [0.15, 0.2) is 53.9 Å². The van der Waals surface area contributed by atoms with Gasteiger partial charge in [0.2, 0.25) is 0 Å². The highest BCUT2D eigenvalue weighted by atomic mass is 32.1. The van der Waals surface area contributed by atoms with E-state index >= 15 is 0 Å². The molecule has 1 atom stereocenters. The van der Waals surface area contributed by atoms with Crippen LogP contribution in [0.3, 0.4) is 0 Å². The van der Waals surface area contributed by atoms with Gasteiger partial charge < -0.3 is 0 Å². The summed E-state index contributed by atoms with van der Waals surface area (Å²) in [6.45, 7) is 6.49. The highest BCUT2D eigenvalue weighted by molar-refractivity contribution is 7.13. The molecular formula is C18H22N2S. The molecule has 1 unspecified atom stereocenters. The van der Waals surface area contributed by atoms with E-state index in [0.29, 0.717) is 5.92 Å². The van der Waals surface area contributed by atoms with Crippen LogP contribution in [0.4, 0.5) is 0 Å². The van der Waals surface area contributed by atoms with Crippen molar-refractivity contribution < 1.29 is 0 Å². The third kappa shape index (κ3) is 4.57. The highest BCUT2D eigenvalue weighted by Crippen LogP contribution is 2.26. The molecule has 0 aliphatic rings. The fourth-order valence-electron chi connectivity index (χ4n) is 1.89. The van der Waals surface area contributed by atoms with Crippen LogP contribution in [0.5, 0.6) is 0 Å². The number of rotatable bonds is 3. The van der Waals surface area contributed by atoms with Crippen LogP contribution in [0.25, 0.3) is 10.6 Å². The average molecular weight is 298 g/mol. The summed E-state index contributed by atoms with van der Waals surface area (Å²) in [5.74, 6) is 0.566. The van der Waals surface area contributed by atoms with Crippen molar-refractivity contribution in [2.45, 2.75) is 33.1 Å². The van der Waals surface area contributed by atoms with E-state index in [-0.39, 0.29) is 0 Å². The summed E-state index contributed by atoms with van der Waals surface area (Å²) in [4.78, 5) is 1.23. The second-order valence-corrected chi connectivity index (χ2v) is 6.10. The Hall–Kier alpha value is -1.87. The number of nitrogens with zero attached hydrogens (tertiary/aromatic N) is 1. The number of hydrogen-bond acceptors (Lipinski definition) is 2. The molecule has 0 aliphatic heterocycles. The van der Waals surface area contributed by atoms with E-state index in [1.807, 2.05) is 18.2 Å². The first-order chi connectivity index (χ1) is 10.2. The molecule has 0 fully saturated rings. The van der Waals surface area contributed by atoms with Gasteiger partial charge in [0.05, 0.1) is 4.88 Å². The molecule has 110 valence electrons.